The summed E-state index contributed by atoms with van der Waals surface area (Å²) in [7, 11) is 2.08. The standard InChI is InChI=1S/C16H18N2O3/c1-18-8-6-11(7-9-18)21-15-12-4-2-3-5-14(12)17-10-13(15)16(19)20/h2-5,10-11H,6-9H2,1H3,(H,19,20). The van der Waals surface area contributed by atoms with Crippen LogP contribution in [-0.4, -0.2) is 47.2 Å². The lowest BCUT2D eigenvalue weighted by atomic mass is 10.1. The molecule has 5 nitrogen and oxygen atoms in total. The van der Waals surface area contributed by atoms with Gasteiger partial charge in [0.2, 0.25) is 0 Å². The maximum atomic E-state index is 11.4. The summed E-state index contributed by atoms with van der Waals surface area (Å²) in [6.45, 7) is 1.94. The van der Waals surface area contributed by atoms with E-state index in [1.807, 2.05) is 24.3 Å². The van der Waals surface area contributed by atoms with Gasteiger partial charge in [0, 0.05) is 24.7 Å². The minimum atomic E-state index is -1.00. The second kappa shape index (κ2) is 5.69. The van der Waals surface area contributed by atoms with Crippen molar-refractivity contribution < 1.29 is 14.6 Å². The molecule has 1 aromatic carbocycles. The molecular formula is C16H18N2O3. The van der Waals surface area contributed by atoms with Crippen LogP contribution < -0.4 is 4.74 Å². The first-order chi connectivity index (χ1) is 10.1. The lowest BCUT2D eigenvalue weighted by Crippen LogP contribution is -2.35. The van der Waals surface area contributed by atoms with Gasteiger partial charge < -0.3 is 14.7 Å². The van der Waals surface area contributed by atoms with Crippen LogP contribution in [-0.2, 0) is 0 Å². The topological polar surface area (TPSA) is 62.7 Å². The number of hydrogen-bond acceptors (Lipinski definition) is 4. The lowest BCUT2D eigenvalue weighted by molar-refractivity contribution is 0.0681. The third-order valence-corrected chi connectivity index (χ3v) is 3.91. The number of benzene rings is 1. The SMILES string of the molecule is CN1CCC(Oc2c(C(=O)O)cnc3ccccc23)CC1. The first kappa shape index (κ1) is 13.8. The van der Waals surface area contributed by atoms with Crippen LogP contribution in [0.2, 0.25) is 0 Å². The third kappa shape index (κ3) is 2.83. The van der Waals surface area contributed by atoms with Crippen LogP contribution in [0.3, 0.4) is 0 Å². The Balaban J connectivity index is 1.98. The third-order valence-electron chi connectivity index (χ3n) is 3.91. The molecular weight excluding hydrogens is 268 g/mol. The molecule has 0 spiro atoms. The number of fused-ring (bicyclic) bond motifs is 1. The minimum absolute atomic E-state index is 0.0603. The Bertz CT molecular complexity index is 664. The Morgan fingerprint density at radius 1 is 1.33 bits per heavy atom. The van der Waals surface area contributed by atoms with Crippen molar-refractivity contribution in [2.45, 2.75) is 18.9 Å². The van der Waals surface area contributed by atoms with E-state index in [-0.39, 0.29) is 11.7 Å². The summed E-state index contributed by atoms with van der Waals surface area (Å²) in [5.41, 5.74) is 0.887. The number of hydrogen-bond donors (Lipinski definition) is 1. The number of pyridine rings is 1. The van der Waals surface area contributed by atoms with Crippen LogP contribution >= 0.6 is 0 Å². The van der Waals surface area contributed by atoms with Gasteiger partial charge in [-0.15, -0.1) is 0 Å². The maximum Gasteiger partial charge on any atom is 0.341 e. The molecule has 0 aliphatic carbocycles. The van der Waals surface area contributed by atoms with Gasteiger partial charge >= 0.3 is 5.97 Å². The number of para-hydroxylation sites is 1. The van der Waals surface area contributed by atoms with Crippen LogP contribution in [0.5, 0.6) is 5.75 Å². The fraction of sp³-hybridized carbons (Fsp3) is 0.375. The molecule has 0 amide bonds. The zero-order valence-electron chi connectivity index (χ0n) is 12.0. The molecule has 2 heterocycles. The summed E-state index contributed by atoms with van der Waals surface area (Å²) < 4.78 is 6.06. The molecule has 2 aromatic rings. The van der Waals surface area contributed by atoms with Crippen LogP contribution in [0, 0.1) is 0 Å². The minimum Gasteiger partial charge on any atom is -0.489 e. The maximum absolute atomic E-state index is 11.4. The lowest BCUT2D eigenvalue weighted by Gasteiger charge is -2.30. The number of piperidine rings is 1. The molecule has 21 heavy (non-hydrogen) atoms. The zero-order chi connectivity index (χ0) is 14.8. The van der Waals surface area contributed by atoms with E-state index in [0.29, 0.717) is 5.75 Å². The van der Waals surface area contributed by atoms with E-state index in [0.717, 1.165) is 36.8 Å². The number of ether oxygens (including phenoxy) is 1. The van der Waals surface area contributed by atoms with E-state index in [2.05, 4.69) is 16.9 Å². The molecule has 0 radical (unpaired) electrons. The summed E-state index contributed by atoms with van der Waals surface area (Å²) in [4.78, 5) is 17.9. The van der Waals surface area contributed by atoms with Gasteiger partial charge in [0.05, 0.1) is 5.52 Å². The first-order valence-electron chi connectivity index (χ1n) is 7.11. The first-order valence-corrected chi connectivity index (χ1v) is 7.11. The molecule has 0 bridgehead atoms. The molecule has 1 aliphatic heterocycles. The molecule has 1 aliphatic rings. The smallest absolute Gasteiger partial charge is 0.341 e. The van der Waals surface area contributed by atoms with Crippen LogP contribution in [0.15, 0.2) is 30.5 Å². The molecule has 0 atom stereocenters. The highest BCUT2D eigenvalue weighted by atomic mass is 16.5. The van der Waals surface area contributed by atoms with Crippen molar-refractivity contribution in [3.8, 4) is 5.75 Å². The summed E-state index contributed by atoms with van der Waals surface area (Å²) >= 11 is 0. The number of carboxylic acid groups (broad SMARTS) is 1. The molecule has 3 rings (SSSR count). The molecule has 5 heteroatoms. The quantitative estimate of drug-likeness (QED) is 0.938. The number of carbonyl (C=O) groups is 1. The molecule has 1 saturated heterocycles. The molecule has 0 unspecified atom stereocenters. The van der Waals surface area contributed by atoms with Crippen molar-refractivity contribution in [2.24, 2.45) is 0 Å². The second-order valence-corrected chi connectivity index (χ2v) is 5.44. The van der Waals surface area contributed by atoms with Crippen LogP contribution in [0.25, 0.3) is 10.9 Å². The van der Waals surface area contributed by atoms with E-state index >= 15 is 0 Å². The van der Waals surface area contributed by atoms with Crippen LogP contribution in [0.4, 0.5) is 0 Å². The van der Waals surface area contributed by atoms with E-state index < -0.39 is 5.97 Å². The van der Waals surface area contributed by atoms with Gasteiger partial charge in [-0.25, -0.2) is 4.79 Å². The number of nitrogens with zero attached hydrogens (tertiary/aromatic N) is 2. The van der Waals surface area contributed by atoms with Crippen molar-refractivity contribution in [3.05, 3.63) is 36.0 Å². The average molecular weight is 286 g/mol. The van der Waals surface area contributed by atoms with E-state index in [4.69, 9.17) is 4.74 Å². The number of rotatable bonds is 3. The predicted octanol–water partition coefficient (Wildman–Crippen LogP) is 2.41. The van der Waals surface area contributed by atoms with Gasteiger partial charge in [-0.05, 0) is 32.0 Å². The highest BCUT2D eigenvalue weighted by Crippen LogP contribution is 2.30. The van der Waals surface area contributed by atoms with Crippen molar-refractivity contribution in [3.63, 3.8) is 0 Å². The fourth-order valence-corrected chi connectivity index (χ4v) is 2.66. The Hall–Kier alpha value is -2.14. The molecule has 0 saturated carbocycles. The fourth-order valence-electron chi connectivity index (χ4n) is 2.66. The van der Waals surface area contributed by atoms with Crippen molar-refractivity contribution >= 4 is 16.9 Å². The Labute approximate surface area is 123 Å². The van der Waals surface area contributed by atoms with E-state index in [1.165, 1.54) is 6.20 Å². The van der Waals surface area contributed by atoms with Crippen LogP contribution in [0.1, 0.15) is 23.2 Å². The summed E-state index contributed by atoms with van der Waals surface area (Å²) in [5, 5.41) is 10.1. The van der Waals surface area contributed by atoms with Gasteiger partial charge in [0.25, 0.3) is 0 Å². The van der Waals surface area contributed by atoms with Gasteiger partial charge in [-0.1, -0.05) is 12.1 Å². The van der Waals surface area contributed by atoms with Crippen molar-refractivity contribution in [1.29, 1.82) is 0 Å². The monoisotopic (exact) mass is 286 g/mol. The Morgan fingerprint density at radius 3 is 2.76 bits per heavy atom. The van der Waals surface area contributed by atoms with Gasteiger partial charge in [0.1, 0.15) is 17.4 Å². The second-order valence-electron chi connectivity index (χ2n) is 5.44. The largest absolute Gasteiger partial charge is 0.489 e. The molecule has 1 N–H and O–H groups in total. The average Bonchev–Trinajstić information content (AvgIpc) is 2.49. The van der Waals surface area contributed by atoms with Gasteiger partial charge in [-0.2, -0.15) is 0 Å². The summed E-state index contributed by atoms with van der Waals surface area (Å²) in [5.74, 6) is -0.557. The predicted molar refractivity (Wildman–Crippen MR) is 79.8 cm³/mol. The normalized spacial score (nSPS) is 17.0. The highest BCUT2D eigenvalue weighted by molar-refractivity contribution is 5.98. The highest BCUT2D eigenvalue weighted by Gasteiger charge is 2.22. The Morgan fingerprint density at radius 2 is 2.05 bits per heavy atom. The molecule has 110 valence electrons. The molecule has 1 aromatic heterocycles. The van der Waals surface area contributed by atoms with Crippen molar-refractivity contribution in [2.75, 3.05) is 20.1 Å². The summed E-state index contributed by atoms with van der Waals surface area (Å²) in [6.07, 6.45) is 3.26. The number of aromatic nitrogens is 1. The Kier molecular flexibility index (Phi) is 3.75. The van der Waals surface area contributed by atoms with Crippen molar-refractivity contribution in [1.82, 2.24) is 9.88 Å². The summed E-state index contributed by atoms with van der Waals surface area (Å²) in [6, 6.07) is 7.48. The molecule has 1 fully saturated rings. The van der Waals surface area contributed by atoms with E-state index in [9.17, 15) is 9.90 Å². The number of carboxylic acids is 1. The van der Waals surface area contributed by atoms with Gasteiger partial charge in [0.15, 0.2) is 0 Å². The zero-order valence-corrected chi connectivity index (χ0v) is 12.0. The number of aromatic carboxylic acids is 1. The van der Waals surface area contributed by atoms with E-state index in [1.54, 1.807) is 0 Å². The number of likely N-dealkylation sites (tertiary alicyclic amines) is 1. The van der Waals surface area contributed by atoms with Gasteiger partial charge in [-0.3, -0.25) is 4.98 Å².